The first-order valence-corrected chi connectivity index (χ1v) is 8.70. The summed E-state index contributed by atoms with van der Waals surface area (Å²) in [6.45, 7) is 12.9. The summed E-state index contributed by atoms with van der Waals surface area (Å²) in [5, 5.41) is 10.0. The van der Waals surface area contributed by atoms with Crippen LogP contribution in [0.5, 0.6) is 0 Å². The van der Waals surface area contributed by atoms with E-state index in [2.05, 4.69) is 15.5 Å². The van der Waals surface area contributed by atoms with E-state index in [1.165, 1.54) is 4.31 Å². The largest absolute Gasteiger partial charge is 0.311 e. The smallest absolute Gasteiger partial charge is 0.246 e. The zero-order valence-corrected chi connectivity index (χ0v) is 14.9. The highest BCUT2D eigenvalue weighted by molar-refractivity contribution is 7.89. The van der Waals surface area contributed by atoms with Crippen LogP contribution in [0.4, 0.5) is 0 Å². The number of aryl methyl sites for hydroxylation is 1. The molecule has 1 heterocycles. The summed E-state index contributed by atoms with van der Waals surface area (Å²) in [5.41, 5.74) is 0.986. The van der Waals surface area contributed by atoms with E-state index >= 15 is 0 Å². The van der Waals surface area contributed by atoms with E-state index in [1.807, 2.05) is 34.6 Å². The van der Waals surface area contributed by atoms with Crippen LogP contribution >= 0.6 is 0 Å². The van der Waals surface area contributed by atoms with Gasteiger partial charge in [0.1, 0.15) is 4.90 Å². The number of hydrogen-bond acceptors (Lipinski definition) is 4. The quantitative estimate of drug-likeness (QED) is 0.840. The third-order valence-corrected chi connectivity index (χ3v) is 6.07. The summed E-state index contributed by atoms with van der Waals surface area (Å²) in [6.07, 6.45) is 0. The van der Waals surface area contributed by atoms with Gasteiger partial charge in [0.05, 0.1) is 11.4 Å². The summed E-state index contributed by atoms with van der Waals surface area (Å²) >= 11 is 0. The standard InChI is InChI=1S/C14H28N4O2S/c1-8-15-9-12-13(10(2)16-17-12)21(19,20)18(7)11(3)14(4,5)6/h11,15H,8-9H2,1-7H3,(H,16,17). The predicted octanol–water partition coefficient (Wildman–Crippen LogP) is 1.88. The molecule has 6 nitrogen and oxygen atoms in total. The van der Waals surface area contributed by atoms with Crippen LogP contribution in [-0.4, -0.2) is 42.6 Å². The van der Waals surface area contributed by atoms with Crippen molar-refractivity contribution in [3.8, 4) is 0 Å². The van der Waals surface area contributed by atoms with Crippen molar-refractivity contribution in [2.45, 2.75) is 59.0 Å². The van der Waals surface area contributed by atoms with Gasteiger partial charge < -0.3 is 5.32 Å². The topological polar surface area (TPSA) is 78.1 Å². The maximum atomic E-state index is 12.9. The minimum absolute atomic E-state index is 0.121. The van der Waals surface area contributed by atoms with E-state index in [0.29, 0.717) is 22.8 Å². The van der Waals surface area contributed by atoms with Crippen molar-refractivity contribution in [3.63, 3.8) is 0 Å². The highest BCUT2D eigenvalue weighted by Crippen LogP contribution is 2.29. The van der Waals surface area contributed by atoms with Crippen molar-refractivity contribution in [2.75, 3.05) is 13.6 Å². The molecule has 2 N–H and O–H groups in total. The van der Waals surface area contributed by atoms with Gasteiger partial charge in [0, 0.05) is 19.6 Å². The average molecular weight is 316 g/mol. The van der Waals surface area contributed by atoms with Crippen LogP contribution in [0.15, 0.2) is 4.90 Å². The van der Waals surface area contributed by atoms with Crippen molar-refractivity contribution in [1.82, 2.24) is 19.8 Å². The molecular weight excluding hydrogens is 288 g/mol. The van der Waals surface area contributed by atoms with Crippen LogP contribution in [0, 0.1) is 12.3 Å². The Bertz CT molecular complexity index is 572. The molecule has 0 aliphatic rings. The number of aromatic nitrogens is 2. The third-order valence-electron chi connectivity index (χ3n) is 3.94. The van der Waals surface area contributed by atoms with Crippen molar-refractivity contribution >= 4 is 10.0 Å². The number of H-pyrrole nitrogens is 1. The molecule has 0 radical (unpaired) electrons. The molecule has 1 aromatic heterocycles. The minimum Gasteiger partial charge on any atom is -0.311 e. The second-order valence-electron chi connectivity index (χ2n) is 6.47. The number of nitrogens with one attached hydrogen (secondary N) is 2. The summed E-state index contributed by atoms with van der Waals surface area (Å²) in [6, 6.07) is -0.121. The summed E-state index contributed by atoms with van der Waals surface area (Å²) in [4.78, 5) is 0.294. The predicted molar refractivity (Wildman–Crippen MR) is 84.6 cm³/mol. The minimum atomic E-state index is -3.57. The Morgan fingerprint density at radius 1 is 1.38 bits per heavy atom. The molecule has 0 fully saturated rings. The molecule has 122 valence electrons. The van der Waals surface area contributed by atoms with Gasteiger partial charge in [0.2, 0.25) is 10.0 Å². The van der Waals surface area contributed by atoms with E-state index in [9.17, 15) is 8.42 Å². The number of sulfonamides is 1. The normalized spacial score (nSPS) is 14.7. The van der Waals surface area contributed by atoms with E-state index in [0.717, 1.165) is 6.54 Å². The molecule has 0 aliphatic carbocycles. The molecule has 1 unspecified atom stereocenters. The number of hydrogen-bond donors (Lipinski definition) is 2. The Labute approximate surface area is 128 Å². The first-order chi connectivity index (χ1) is 9.53. The lowest BCUT2D eigenvalue weighted by atomic mass is 9.88. The maximum absolute atomic E-state index is 12.9. The van der Waals surface area contributed by atoms with Crippen LogP contribution in [0.2, 0.25) is 0 Å². The van der Waals surface area contributed by atoms with E-state index < -0.39 is 10.0 Å². The molecule has 0 spiro atoms. The van der Waals surface area contributed by atoms with Gasteiger partial charge in [-0.2, -0.15) is 9.40 Å². The van der Waals surface area contributed by atoms with Gasteiger partial charge in [-0.3, -0.25) is 5.10 Å². The van der Waals surface area contributed by atoms with Gasteiger partial charge in [-0.25, -0.2) is 8.42 Å². The van der Waals surface area contributed by atoms with E-state index in [1.54, 1.807) is 14.0 Å². The highest BCUT2D eigenvalue weighted by Gasteiger charge is 2.35. The number of rotatable bonds is 6. The van der Waals surface area contributed by atoms with Crippen LogP contribution in [0.25, 0.3) is 0 Å². The fraction of sp³-hybridized carbons (Fsp3) is 0.786. The monoisotopic (exact) mass is 316 g/mol. The fourth-order valence-electron chi connectivity index (χ4n) is 2.07. The van der Waals surface area contributed by atoms with Gasteiger partial charge in [-0.1, -0.05) is 27.7 Å². The lowest BCUT2D eigenvalue weighted by Gasteiger charge is -2.34. The number of aromatic amines is 1. The van der Waals surface area contributed by atoms with Crippen LogP contribution in [-0.2, 0) is 16.6 Å². The average Bonchev–Trinajstić information content (AvgIpc) is 2.75. The fourth-order valence-corrected chi connectivity index (χ4v) is 3.94. The van der Waals surface area contributed by atoms with Gasteiger partial charge in [0.25, 0.3) is 0 Å². The molecule has 0 aromatic carbocycles. The summed E-state index contributed by atoms with van der Waals surface area (Å²) in [5.74, 6) is 0. The Kier molecular flexibility index (Phi) is 5.57. The zero-order valence-electron chi connectivity index (χ0n) is 14.1. The SMILES string of the molecule is CCNCc1n[nH]c(C)c1S(=O)(=O)N(C)C(C)C(C)(C)C. The van der Waals surface area contributed by atoms with Crippen LogP contribution in [0.3, 0.4) is 0 Å². The van der Waals surface area contributed by atoms with Crippen molar-refractivity contribution in [2.24, 2.45) is 5.41 Å². The second-order valence-corrected chi connectivity index (χ2v) is 8.40. The molecule has 21 heavy (non-hydrogen) atoms. The molecule has 1 rings (SSSR count). The van der Waals surface area contributed by atoms with Crippen LogP contribution < -0.4 is 5.32 Å². The third kappa shape index (κ3) is 3.84. The van der Waals surface area contributed by atoms with Crippen molar-refractivity contribution < 1.29 is 8.42 Å². The van der Waals surface area contributed by atoms with E-state index in [4.69, 9.17) is 0 Å². The molecular formula is C14H28N4O2S. The Hall–Kier alpha value is -0.920. The maximum Gasteiger partial charge on any atom is 0.246 e. The van der Waals surface area contributed by atoms with Gasteiger partial charge in [0.15, 0.2) is 0 Å². The first-order valence-electron chi connectivity index (χ1n) is 7.26. The molecule has 0 aliphatic heterocycles. The Morgan fingerprint density at radius 2 is 1.95 bits per heavy atom. The summed E-state index contributed by atoms with van der Waals surface area (Å²) in [7, 11) is -1.94. The molecule has 0 bridgehead atoms. The molecule has 0 amide bonds. The van der Waals surface area contributed by atoms with Gasteiger partial charge in [-0.15, -0.1) is 0 Å². The Morgan fingerprint density at radius 3 is 2.43 bits per heavy atom. The van der Waals surface area contributed by atoms with Gasteiger partial charge >= 0.3 is 0 Å². The highest BCUT2D eigenvalue weighted by atomic mass is 32.2. The zero-order chi connectivity index (χ0) is 16.4. The van der Waals surface area contributed by atoms with Crippen molar-refractivity contribution in [3.05, 3.63) is 11.4 Å². The molecule has 7 heteroatoms. The molecule has 0 saturated carbocycles. The van der Waals surface area contributed by atoms with Gasteiger partial charge in [-0.05, 0) is 25.8 Å². The molecule has 1 atom stereocenters. The molecule has 0 saturated heterocycles. The second kappa shape index (κ2) is 6.46. The molecule has 1 aromatic rings. The lowest BCUT2D eigenvalue weighted by molar-refractivity contribution is 0.216. The lowest BCUT2D eigenvalue weighted by Crippen LogP contribution is -2.43. The van der Waals surface area contributed by atoms with Crippen molar-refractivity contribution in [1.29, 1.82) is 0 Å². The Balaban J connectivity index is 3.22. The first kappa shape index (κ1) is 18.1. The van der Waals surface area contributed by atoms with E-state index in [-0.39, 0.29) is 11.5 Å². The summed E-state index contributed by atoms with van der Waals surface area (Å²) < 4.78 is 27.3. The van der Waals surface area contributed by atoms with Crippen LogP contribution in [0.1, 0.15) is 46.0 Å². The number of nitrogens with zero attached hydrogens (tertiary/aromatic N) is 2.